The summed E-state index contributed by atoms with van der Waals surface area (Å²) in [5, 5.41) is -0.343. The summed E-state index contributed by atoms with van der Waals surface area (Å²) in [6, 6.07) is -1.88. The summed E-state index contributed by atoms with van der Waals surface area (Å²) >= 11 is 0. The zero-order chi connectivity index (χ0) is 29.1. The van der Waals surface area contributed by atoms with Gasteiger partial charge in [-0.25, -0.2) is 9.59 Å². The summed E-state index contributed by atoms with van der Waals surface area (Å²) in [4.78, 5) is 51.0. The quantitative estimate of drug-likeness (QED) is 0.0742. The Morgan fingerprint density at radius 2 is 1.16 bits per heavy atom. The van der Waals surface area contributed by atoms with Crippen LogP contribution in [-0.2, 0) is 34.0 Å². The standard InChI is InChI=1S/C20H38O7S.C2H5N3O2.CH2O.Na.H/c1-3-5-7-9-11-13-15-26-19(21)17-18(28(23,24)25)20(22)27-16-14-12-10-8-6-4-2;3-1(6)5-2(4)7;1-2;;/h18H,3-17H2,1-2H3,(H,23,24,25);(H5,3,4,5,6,7);1H2;;/q;;;+1;-1. The largest absolute Gasteiger partial charge is 1.00 e. The van der Waals surface area contributed by atoms with Crippen molar-refractivity contribution in [2.24, 2.45) is 11.5 Å². The molecule has 13 nitrogen and oxygen atoms in total. The predicted octanol–water partition coefficient (Wildman–Crippen LogP) is 0.105. The number of ether oxygens (including phenoxy) is 2. The van der Waals surface area contributed by atoms with Crippen LogP contribution in [0.1, 0.15) is 98.7 Å². The van der Waals surface area contributed by atoms with E-state index in [1.54, 1.807) is 5.32 Å². The fourth-order valence-corrected chi connectivity index (χ4v) is 3.52. The van der Waals surface area contributed by atoms with Crippen LogP contribution < -0.4 is 46.3 Å². The van der Waals surface area contributed by atoms with Crippen LogP contribution in [0.2, 0.25) is 0 Å². The smallest absolute Gasteiger partial charge is 1.00 e. The zero-order valence-electron chi connectivity index (χ0n) is 24.1. The molecule has 0 aliphatic rings. The fourth-order valence-electron chi connectivity index (χ4n) is 2.86. The molecule has 0 radical (unpaired) electrons. The van der Waals surface area contributed by atoms with Crippen molar-refractivity contribution in [1.82, 2.24) is 5.32 Å². The molecule has 1 atom stereocenters. The predicted molar refractivity (Wildman–Crippen MR) is 139 cm³/mol. The summed E-state index contributed by atoms with van der Waals surface area (Å²) in [5.74, 6) is -1.93. The van der Waals surface area contributed by atoms with Gasteiger partial charge in [0, 0.05) is 0 Å². The van der Waals surface area contributed by atoms with Crippen molar-refractivity contribution < 1.29 is 77.4 Å². The number of imide groups is 1. The van der Waals surface area contributed by atoms with Crippen LogP contribution in [-0.4, -0.2) is 62.2 Å². The van der Waals surface area contributed by atoms with Crippen LogP contribution >= 0.6 is 0 Å². The van der Waals surface area contributed by atoms with E-state index >= 15 is 0 Å². The number of nitrogens with two attached hydrogens (primary N) is 2. The summed E-state index contributed by atoms with van der Waals surface area (Å²) in [6.07, 6.45) is 11.3. The Morgan fingerprint density at radius 1 is 0.789 bits per heavy atom. The van der Waals surface area contributed by atoms with Crippen molar-refractivity contribution >= 4 is 40.9 Å². The SMILES string of the molecule is C=O.CCCCCCCCOC(=O)CC(C(=O)OCCCCCCCC)S(=O)(=O)O.NC(=O)NC(N)=O.[H-].[Na+]. The van der Waals surface area contributed by atoms with E-state index in [9.17, 15) is 32.1 Å². The Morgan fingerprint density at radius 3 is 1.50 bits per heavy atom. The van der Waals surface area contributed by atoms with Gasteiger partial charge in [0.1, 0.15) is 6.79 Å². The number of hydrogen-bond donors (Lipinski definition) is 4. The minimum atomic E-state index is -4.73. The van der Waals surface area contributed by atoms with E-state index in [-0.39, 0.29) is 44.2 Å². The summed E-state index contributed by atoms with van der Waals surface area (Å²) in [7, 11) is -4.73. The van der Waals surface area contributed by atoms with Crippen molar-refractivity contribution in [2.75, 3.05) is 13.2 Å². The van der Waals surface area contributed by atoms with Crippen LogP contribution in [0.5, 0.6) is 0 Å². The van der Waals surface area contributed by atoms with E-state index in [1.165, 1.54) is 6.42 Å². The van der Waals surface area contributed by atoms with Gasteiger partial charge in [0.05, 0.1) is 19.6 Å². The molecule has 0 aromatic carbocycles. The van der Waals surface area contributed by atoms with Gasteiger partial charge in [0.2, 0.25) is 0 Å². The van der Waals surface area contributed by atoms with Crippen LogP contribution in [0.15, 0.2) is 0 Å². The van der Waals surface area contributed by atoms with E-state index in [4.69, 9.17) is 14.3 Å². The number of esters is 2. The van der Waals surface area contributed by atoms with Gasteiger partial charge in [0.25, 0.3) is 10.1 Å². The molecular formula is C23H46N3NaO10S. The molecule has 38 heavy (non-hydrogen) atoms. The maximum Gasteiger partial charge on any atom is 1.00 e. The molecule has 4 amide bonds. The third kappa shape index (κ3) is 32.3. The van der Waals surface area contributed by atoms with Gasteiger partial charge in [-0.15, -0.1) is 0 Å². The normalized spacial score (nSPS) is 10.7. The number of carbonyl (C=O) groups excluding carboxylic acids is 5. The summed E-state index contributed by atoms with van der Waals surface area (Å²) in [5.41, 5.74) is 8.88. The van der Waals surface area contributed by atoms with Crippen LogP contribution in [0.3, 0.4) is 0 Å². The van der Waals surface area contributed by atoms with Gasteiger partial charge >= 0.3 is 53.6 Å². The molecule has 0 aliphatic heterocycles. The molecular weight excluding hydrogens is 533 g/mol. The second-order valence-corrected chi connectivity index (χ2v) is 9.58. The third-order valence-electron chi connectivity index (χ3n) is 4.72. The molecule has 0 fully saturated rings. The molecule has 0 saturated heterocycles. The number of unbranched alkanes of at least 4 members (excludes halogenated alkanes) is 10. The second-order valence-electron chi connectivity index (χ2n) is 7.98. The van der Waals surface area contributed by atoms with Gasteiger partial charge in [0.15, 0.2) is 5.25 Å². The number of urea groups is 2. The van der Waals surface area contributed by atoms with Gasteiger partial charge in [-0.3, -0.25) is 19.5 Å². The van der Waals surface area contributed by atoms with Crippen LogP contribution in [0.4, 0.5) is 9.59 Å². The molecule has 0 saturated carbocycles. The topological polar surface area (TPSA) is 222 Å². The van der Waals surface area contributed by atoms with Crippen LogP contribution in [0.25, 0.3) is 0 Å². The first kappa shape index (κ1) is 43.3. The number of hydrogen-bond acceptors (Lipinski definition) is 9. The summed E-state index contributed by atoms with van der Waals surface area (Å²) in [6.45, 7) is 6.50. The third-order valence-corrected chi connectivity index (χ3v) is 5.80. The summed E-state index contributed by atoms with van der Waals surface area (Å²) < 4.78 is 42.0. The van der Waals surface area contributed by atoms with Crippen molar-refractivity contribution in [2.45, 2.75) is 103 Å². The minimum absolute atomic E-state index is 0. The van der Waals surface area contributed by atoms with Crippen molar-refractivity contribution in [3.8, 4) is 0 Å². The minimum Gasteiger partial charge on any atom is -1.00 e. The Bertz CT molecular complexity index is 734. The molecule has 6 N–H and O–H groups in total. The molecule has 0 aromatic rings. The monoisotopic (exact) mass is 579 g/mol. The van der Waals surface area contributed by atoms with Crippen molar-refractivity contribution in [3.63, 3.8) is 0 Å². The molecule has 0 aromatic heterocycles. The van der Waals surface area contributed by atoms with Gasteiger partial charge < -0.3 is 27.2 Å². The van der Waals surface area contributed by atoms with E-state index in [0.717, 1.165) is 57.8 Å². The van der Waals surface area contributed by atoms with Crippen LogP contribution in [0, 0.1) is 0 Å². The van der Waals surface area contributed by atoms with Gasteiger partial charge in [-0.1, -0.05) is 78.1 Å². The Kier molecular flexibility index (Phi) is 34.0. The maximum absolute atomic E-state index is 12.0. The molecule has 220 valence electrons. The molecule has 0 heterocycles. The van der Waals surface area contributed by atoms with Gasteiger partial charge in [-0.2, -0.15) is 8.42 Å². The number of nitrogens with one attached hydrogen (secondary N) is 1. The molecule has 0 spiro atoms. The van der Waals surface area contributed by atoms with Gasteiger partial charge in [-0.05, 0) is 12.8 Å². The van der Waals surface area contributed by atoms with Crippen molar-refractivity contribution in [3.05, 3.63) is 0 Å². The first-order valence-corrected chi connectivity index (χ1v) is 13.9. The van der Waals surface area contributed by atoms with E-state index < -0.39 is 45.8 Å². The van der Waals surface area contributed by atoms with E-state index in [1.807, 2.05) is 6.79 Å². The number of rotatable bonds is 18. The van der Waals surface area contributed by atoms with E-state index in [0.29, 0.717) is 12.8 Å². The average Bonchev–Trinajstić information content (AvgIpc) is 2.81. The zero-order valence-corrected chi connectivity index (χ0v) is 25.9. The molecule has 1 unspecified atom stereocenters. The number of carbonyl (C=O) groups is 5. The van der Waals surface area contributed by atoms with Crippen molar-refractivity contribution in [1.29, 1.82) is 0 Å². The first-order chi connectivity index (χ1) is 17.4. The molecule has 0 rings (SSSR count). The second kappa shape index (κ2) is 29.8. The number of primary amides is 2. The average molecular weight is 580 g/mol. The first-order valence-electron chi connectivity index (χ1n) is 12.4. The Labute approximate surface area is 250 Å². The Balaban J connectivity index is -0.000000302. The number of amides is 4. The van der Waals surface area contributed by atoms with E-state index in [2.05, 4.69) is 25.3 Å². The molecule has 15 heteroatoms. The fraction of sp³-hybridized carbons (Fsp3) is 0.783. The Hall–Kier alpha value is -1.74. The molecule has 0 bridgehead atoms. The maximum atomic E-state index is 12.0. The molecule has 0 aliphatic carbocycles.